The molecule has 8 heteroatoms. The van der Waals surface area contributed by atoms with E-state index in [0.717, 1.165) is 0 Å². The molecule has 4 nitrogen and oxygen atoms in total. The summed E-state index contributed by atoms with van der Waals surface area (Å²) >= 11 is 0. The molecule has 1 heterocycles. The van der Waals surface area contributed by atoms with Gasteiger partial charge in [-0.1, -0.05) is 12.1 Å². The molecule has 0 aliphatic rings. The molecule has 2 aromatic rings. The summed E-state index contributed by atoms with van der Waals surface area (Å²) in [6.45, 7) is 1.35. The Morgan fingerprint density at radius 2 is 1.79 bits per heavy atom. The monoisotopic (exact) mass is 272 g/mol. The lowest BCUT2D eigenvalue weighted by Gasteiger charge is -2.05. The largest absolute Gasteiger partial charge is 0.453 e. The Morgan fingerprint density at radius 1 is 1.16 bits per heavy atom. The van der Waals surface area contributed by atoms with Crippen LogP contribution in [0.3, 0.4) is 0 Å². The quantitative estimate of drug-likeness (QED) is 0.623. The standard InChI is InChI=1S/C11H8F4N4/c1-7-17-18-10(11(13,14)15)19(7)16-6-8-2-4-9(12)5-3-8/h2-6H,1H3. The van der Waals surface area contributed by atoms with E-state index in [2.05, 4.69) is 15.3 Å². The van der Waals surface area contributed by atoms with Crippen LogP contribution in [0.15, 0.2) is 29.4 Å². The van der Waals surface area contributed by atoms with Crippen molar-refractivity contribution in [3.8, 4) is 0 Å². The Kier molecular flexibility index (Phi) is 3.32. The van der Waals surface area contributed by atoms with Gasteiger partial charge in [-0.15, -0.1) is 10.2 Å². The van der Waals surface area contributed by atoms with Crippen LogP contribution >= 0.6 is 0 Å². The SMILES string of the molecule is Cc1nnc(C(F)(F)F)n1N=Cc1ccc(F)cc1. The molecule has 2 rings (SSSR count). The summed E-state index contributed by atoms with van der Waals surface area (Å²) in [6, 6.07) is 5.16. The maximum atomic E-state index is 12.7. The fourth-order valence-electron chi connectivity index (χ4n) is 1.35. The van der Waals surface area contributed by atoms with Crippen molar-refractivity contribution < 1.29 is 17.6 Å². The van der Waals surface area contributed by atoms with Crippen molar-refractivity contribution in [3.63, 3.8) is 0 Å². The number of alkyl halides is 3. The van der Waals surface area contributed by atoms with E-state index in [1.54, 1.807) is 0 Å². The van der Waals surface area contributed by atoms with Crippen LogP contribution in [-0.2, 0) is 6.18 Å². The number of rotatable bonds is 2. The first-order valence-electron chi connectivity index (χ1n) is 5.17. The molecule has 0 aliphatic heterocycles. The first-order valence-corrected chi connectivity index (χ1v) is 5.17. The molecule has 0 unspecified atom stereocenters. The third-order valence-electron chi connectivity index (χ3n) is 2.24. The highest BCUT2D eigenvalue weighted by molar-refractivity contribution is 5.79. The van der Waals surface area contributed by atoms with Gasteiger partial charge in [0.15, 0.2) is 5.82 Å². The van der Waals surface area contributed by atoms with E-state index in [4.69, 9.17) is 0 Å². The fraction of sp³-hybridized carbons (Fsp3) is 0.182. The summed E-state index contributed by atoms with van der Waals surface area (Å²) in [7, 11) is 0. The van der Waals surface area contributed by atoms with Gasteiger partial charge in [-0.3, -0.25) is 0 Å². The first kappa shape index (κ1) is 13.2. The normalized spacial score (nSPS) is 12.3. The van der Waals surface area contributed by atoms with Crippen LogP contribution in [0, 0.1) is 12.7 Å². The average molecular weight is 272 g/mol. The van der Waals surface area contributed by atoms with Crippen molar-refractivity contribution in [2.75, 3.05) is 0 Å². The molecule has 100 valence electrons. The van der Waals surface area contributed by atoms with Gasteiger partial charge in [0.1, 0.15) is 5.82 Å². The highest BCUT2D eigenvalue weighted by Crippen LogP contribution is 2.27. The Morgan fingerprint density at radius 3 is 2.37 bits per heavy atom. The molecule has 1 aromatic carbocycles. The molecule has 0 N–H and O–H groups in total. The molecule has 0 bridgehead atoms. The van der Waals surface area contributed by atoms with Crippen LogP contribution in [-0.4, -0.2) is 21.1 Å². The third kappa shape index (κ3) is 2.95. The van der Waals surface area contributed by atoms with Gasteiger partial charge in [0.2, 0.25) is 0 Å². The van der Waals surface area contributed by atoms with E-state index in [-0.39, 0.29) is 5.82 Å². The van der Waals surface area contributed by atoms with Gasteiger partial charge in [-0.05, 0) is 24.6 Å². The van der Waals surface area contributed by atoms with Gasteiger partial charge >= 0.3 is 6.18 Å². The zero-order valence-electron chi connectivity index (χ0n) is 9.69. The summed E-state index contributed by atoms with van der Waals surface area (Å²) < 4.78 is 51.0. The molecule has 0 spiro atoms. The van der Waals surface area contributed by atoms with Crippen LogP contribution < -0.4 is 0 Å². The fourth-order valence-corrected chi connectivity index (χ4v) is 1.35. The first-order chi connectivity index (χ1) is 8.88. The van der Waals surface area contributed by atoms with E-state index in [0.29, 0.717) is 10.2 Å². The van der Waals surface area contributed by atoms with Crippen LogP contribution in [0.1, 0.15) is 17.2 Å². The van der Waals surface area contributed by atoms with E-state index in [9.17, 15) is 17.6 Å². The van der Waals surface area contributed by atoms with Gasteiger partial charge < -0.3 is 0 Å². The van der Waals surface area contributed by atoms with E-state index in [1.807, 2.05) is 0 Å². The number of nitrogens with zero attached hydrogens (tertiary/aromatic N) is 4. The highest BCUT2D eigenvalue weighted by Gasteiger charge is 2.38. The number of hydrogen-bond acceptors (Lipinski definition) is 3. The van der Waals surface area contributed by atoms with Crippen LogP contribution in [0.2, 0.25) is 0 Å². The Balaban J connectivity index is 2.33. The molecule has 1 aromatic heterocycles. The van der Waals surface area contributed by atoms with Gasteiger partial charge in [-0.2, -0.15) is 22.9 Å². The Labute approximate surface area is 105 Å². The number of aromatic nitrogens is 3. The predicted octanol–water partition coefficient (Wildman–Crippen LogP) is 2.63. The van der Waals surface area contributed by atoms with Gasteiger partial charge in [-0.25, -0.2) is 4.39 Å². The molecule has 0 aliphatic carbocycles. The molecule has 0 saturated carbocycles. The van der Waals surface area contributed by atoms with E-state index in [1.165, 1.54) is 37.4 Å². The minimum atomic E-state index is -4.64. The van der Waals surface area contributed by atoms with Crippen LogP contribution in [0.4, 0.5) is 17.6 Å². The minimum Gasteiger partial charge on any atom is -0.207 e. The number of benzene rings is 1. The predicted molar refractivity (Wildman–Crippen MR) is 59.2 cm³/mol. The van der Waals surface area contributed by atoms with Crippen molar-refractivity contribution in [2.24, 2.45) is 5.10 Å². The lowest BCUT2D eigenvalue weighted by atomic mass is 10.2. The Bertz CT molecular complexity index is 598. The van der Waals surface area contributed by atoms with Crippen LogP contribution in [0.5, 0.6) is 0 Å². The van der Waals surface area contributed by atoms with Crippen LogP contribution in [0.25, 0.3) is 0 Å². The maximum Gasteiger partial charge on any atom is 0.453 e. The molecule has 0 fully saturated rings. The second-order valence-electron chi connectivity index (χ2n) is 3.68. The zero-order valence-corrected chi connectivity index (χ0v) is 9.69. The van der Waals surface area contributed by atoms with Gasteiger partial charge in [0.05, 0.1) is 6.21 Å². The lowest BCUT2D eigenvalue weighted by Crippen LogP contribution is -2.13. The number of hydrogen-bond donors (Lipinski definition) is 0. The van der Waals surface area contributed by atoms with Gasteiger partial charge in [0.25, 0.3) is 5.82 Å². The van der Waals surface area contributed by atoms with Crippen molar-refractivity contribution >= 4 is 6.21 Å². The summed E-state index contributed by atoms with van der Waals surface area (Å²) in [5.74, 6) is -1.64. The summed E-state index contributed by atoms with van der Waals surface area (Å²) in [5, 5.41) is 10.0. The summed E-state index contributed by atoms with van der Waals surface area (Å²) in [4.78, 5) is 0. The minimum absolute atomic E-state index is 0.00527. The molecule has 0 radical (unpaired) electrons. The van der Waals surface area contributed by atoms with Crippen molar-refractivity contribution in [1.29, 1.82) is 0 Å². The molecular formula is C11H8F4N4. The van der Waals surface area contributed by atoms with E-state index >= 15 is 0 Å². The van der Waals surface area contributed by atoms with E-state index < -0.39 is 17.8 Å². The second-order valence-corrected chi connectivity index (χ2v) is 3.68. The number of halogens is 4. The molecular weight excluding hydrogens is 264 g/mol. The summed E-state index contributed by atoms with van der Waals surface area (Å²) in [6.07, 6.45) is -3.47. The molecule has 0 saturated heterocycles. The third-order valence-corrected chi connectivity index (χ3v) is 2.24. The van der Waals surface area contributed by atoms with Crippen molar-refractivity contribution in [2.45, 2.75) is 13.1 Å². The zero-order chi connectivity index (χ0) is 14.0. The number of aryl methyl sites for hydroxylation is 1. The topological polar surface area (TPSA) is 43.1 Å². The smallest absolute Gasteiger partial charge is 0.207 e. The van der Waals surface area contributed by atoms with Crippen molar-refractivity contribution in [3.05, 3.63) is 47.3 Å². The molecule has 0 atom stereocenters. The summed E-state index contributed by atoms with van der Waals surface area (Å²) in [5.41, 5.74) is 0.461. The second kappa shape index (κ2) is 4.79. The van der Waals surface area contributed by atoms with Gasteiger partial charge in [0, 0.05) is 0 Å². The maximum absolute atomic E-state index is 12.7. The Hall–Kier alpha value is -2.25. The van der Waals surface area contributed by atoms with Crippen molar-refractivity contribution in [1.82, 2.24) is 14.9 Å². The molecule has 19 heavy (non-hydrogen) atoms. The lowest BCUT2D eigenvalue weighted by molar-refractivity contribution is -0.147. The average Bonchev–Trinajstić information content (AvgIpc) is 2.70. The highest BCUT2D eigenvalue weighted by atomic mass is 19.4. The molecule has 0 amide bonds.